The van der Waals surface area contributed by atoms with E-state index in [-0.39, 0.29) is 5.92 Å². The molecule has 0 aliphatic carbocycles. The minimum Gasteiger partial charge on any atom is -0.355 e. The molecule has 0 unspecified atom stereocenters. The molecule has 0 N–H and O–H groups in total. The maximum absolute atomic E-state index is 13.7. The summed E-state index contributed by atoms with van der Waals surface area (Å²) in [6.07, 6.45) is 3.95. The first-order chi connectivity index (χ1) is 12.2. The van der Waals surface area contributed by atoms with Gasteiger partial charge in [-0.3, -0.25) is 0 Å². The van der Waals surface area contributed by atoms with Gasteiger partial charge in [-0.1, -0.05) is 12.1 Å². The predicted molar refractivity (Wildman–Crippen MR) is 87.3 cm³/mol. The highest BCUT2D eigenvalue weighted by atomic mass is 19.2. The molecule has 0 radical (unpaired) electrons. The van der Waals surface area contributed by atoms with E-state index in [4.69, 9.17) is 4.52 Å². The number of piperidine rings is 1. The fourth-order valence-corrected chi connectivity index (χ4v) is 3.25. The molecule has 2 aromatic heterocycles. The van der Waals surface area contributed by atoms with Crippen LogP contribution in [-0.4, -0.2) is 33.2 Å². The second kappa shape index (κ2) is 6.34. The van der Waals surface area contributed by atoms with Crippen LogP contribution in [0.25, 0.3) is 10.9 Å². The number of aryl methyl sites for hydroxylation is 1. The van der Waals surface area contributed by atoms with Gasteiger partial charge < -0.3 is 9.42 Å². The van der Waals surface area contributed by atoms with Crippen LogP contribution in [0.5, 0.6) is 0 Å². The van der Waals surface area contributed by atoms with Crippen molar-refractivity contribution in [2.45, 2.75) is 32.1 Å². The quantitative estimate of drug-likeness (QED) is 0.726. The Morgan fingerprint density at radius 2 is 2.08 bits per heavy atom. The second-order valence-corrected chi connectivity index (χ2v) is 6.17. The summed E-state index contributed by atoms with van der Waals surface area (Å²) in [4.78, 5) is 14.8. The number of fused-ring (bicyclic) bond motifs is 1. The Hall–Kier alpha value is -2.64. The van der Waals surface area contributed by atoms with E-state index in [9.17, 15) is 8.78 Å². The largest absolute Gasteiger partial charge is 0.355 e. The number of rotatable bonds is 3. The fraction of sp³-hybridized carbons (Fsp3) is 0.412. The van der Waals surface area contributed by atoms with Crippen LogP contribution in [-0.2, 0) is 6.42 Å². The summed E-state index contributed by atoms with van der Waals surface area (Å²) in [5.74, 6) is 0.227. The zero-order chi connectivity index (χ0) is 17.4. The molecule has 25 heavy (non-hydrogen) atoms. The third-order valence-electron chi connectivity index (χ3n) is 4.53. The molecule has 1 saturated heterocycles. The molecule has 3 heterocycles. The van der Waals surface area contributed by atoms with E-state index in [2.05, 4.69) is 25.0 Å². The van der Waals surface area contributed by atoms with Crippen molar-refractivity contribution in [1.82, 2.24) is 20.1 Å². The standard InChI is InChI=1S/C17H17F2N5O/c1-2-15-22-16(23-25-15)10-4-3-5-24(8-10)17-11-6-12(18)13(19)7-14(11)20-9-21-17/h6-7,9-10H,2-5,8H2,1H3/t10-/m1/s1. The lowest BCUT2D eigenvalue weighted by Gasteiger charge is -2.32. The van der Waals surface area contributed by atoms with E-state index in [1.807, 2.05) is 6.92 Å². The molecule has 1 atom stereocenters. The SMILES string of the molecule is CCc1nc([C@@H]2CCCN(c3ncnc4cc(F)c(F)cc34)C2)no1. The fourth-order valence-electron chi connectivity index (χ4n) is 3.25. The summed E-state index contributed by atoms with van der Waals surface area (Å²) in [6.45, 7) is 3.39. The molecule has 6 nitrogen and oxygen atoms in total. The maximum Gasteiger partial charge on any atom is 0.226 e. The average molecular weight is 345 g/mol. The van der Waals surface area contributed by atoms with E-state index < -0.39 is 11.6 Å². The highest BCUT2D eigenvalue weighted by Gasteiger charge is 2.27. The van der Waals surface area contributed by atoms with Crippen LogP contribution in [0, 0.1) is 11.6 Å². The molecule has 8 heteroatoms. The maximum atomic E-state index is 13.7. The van der Waals surface area contributed by atoms with Crippen LogP contribution in [0.4, 0.5) is 14.6 Å². The van der Waals surface area contributed by atoms with Gasteiger partial charge in [-0.25, -0.2) is 18.7 Å². The van der Waals surface area contributed by atoms with Crippen LogP contribution in [0.2, 0.25) is 0 Å². The zero-order valence-corrected chi connectivity index (χ0v) is 13.7. The number of aromatic nitrogens is 4. The van der Waals surface area contributed by atoms with E-state index >= 15 is 0 Å². The van der Waals surface area contributed by atoms with E-state index in [1.54, 1.807) is 0 Å². The number of hydrogen-bond acceptors (Lipinski definition) is 6. The van der Waals surface area contributed by atoms with Gasteiger partial charge in [-0.2, -0.15) is 4.98 Å². The topological polar surface area (TPSA) is 67.9 Å². The lowest BCUT2D eigenvalue weighted by atomic mass is 9.97. The number of nitrogens with zero attached hydrogens (tertiary/aromatic N) is 5. The Labute approximate surface area is 142 Å². The first-order valence-corrected chi connectivity index (χ1v) is 8.33. The Kier molecular flexibility index (Phi) is 4.03. The van der Waals surface area contributed by atoms with Gasteiger partial charge in [0.25, 0.3) is 0 Å². The second-order valence-electron chi connectivity index (χ2n) is 6.17. The van der Waals surface area contributed by atoms with Gasteiger partial charge in [0.05, 0.1) is 5.52 Å². The van der Waals surface area contributed by atoms with Gasteiger partial charge in [0.2, 0.25) is 5.89 Å². The van der Waals surface area contributed by atoms with Gasteiger partial charge in [0.1, 0.15) is 12.1 Å². The van der Waals surface area contributed by atoms with E-state index in [0.717, 1.165) is 31.5 Å². The van der Waals surface area contributed by atoms with Crippen LogP contribution in [0.1, 0.15) is 37.4 Å². The van der Waals surface area contributed by atoms with E-state index in [1.165, 1.54) is 6.33 Å². The van der Waals surface area contributed by atoms with Gasteiger partial charge in [0, 0.05) is 36.9 Å². The Balaban J connectivity index is 1.67. The summed E-state index contributed by atoms with van der Waals surface area (Å²) in [7, 11) is 0. The first kappa shape index (κ1) is 15.9. The van der Waals surface area contributed by atoms with Crippen molar-refractivity contribution in [3.8, 4) is 0 Å². The van der Waals surface area contributed by atoms with Crippen molar-refractivity contribution in [3.05, 3.63) is 41.8 Å². The van der Waals surface area contributed by atoms with Crippen LogP contribution >= 0.6 is 0 Å². The minimum absolute atomic E-state index is 0.119. The third-order valence-corrected chi connectivity index (χ3v) is 4.53. The molecule has 0 saturated carbocycles. The summed E-state index contributed by atoms with van der Waals surface area (Å²) in [5.41, 5.74) is 0.388. The molecular weight excluding hydrogens is 328 g/mol. The number of hydrogen-bond donors (Lipinski definition) is 0. The first-order valence-electron chi connectivity index (χ1n) is 8.33. The Bertz CT molecular complexity index is 913. The van der Waals surface area contributed by atoms with Crippen molar-refractivity contribution in [1.29, 1.82) is 0 Å². The molecule has 1 aromatic carbocycles. The summed E-state index contributed by atoms with van der Waals surface area (Å²) >= 11 is 0. The van der Waals surface area contributed by atoms with Crippen molar-refractivity contribution < 1.29 is 13.3 Å². The molecule has 1 fully saturated rings. The van der Waals surface area contributed by atoms with Crippen LogP contribution < -0.4 is 4.90 Å². The molecule has 0 amide bonds. The number of anilines is 1. The molecular formula is C17H17F2N5O. The van der Waals surface area contributed by atoms with Gasteiger partial charge in [0.15, 0.2) is 17.5 Å². The molecule has 0 bridgehead atoms. The number of halogens is 2. The summed E-state index contributed by atoms with van der Waals surface area (Å²) < 4.78 is 32.4. The lowest BCUT2D eigenvalue weighted by Crippen LogP contribution is -2.35. The lowest BCUT2D eigenvalue weighted by molar-refractivity contribution is 0.368. The zero-order valence-electron chi connectivity index (χ0n) is 13.7. The van der Waals surface area contributed by atoms with Gasteiger partial charge in [-0.15, -0.1) is 0 Å². The molecule has 0 spiro atoms. The third kappa shape index (κ3) is 2.92. The van der Waals surface area contributed by atoms with Crippen LogP contribution in [0.3, 0.4) is 0 Å². The Morgan fingerprint density at radius 1 is 1.24 bits per heavy atom. The molecule has 1 aliphatic heterocycles. The molecule has 1 aliphatic rings. The molecule has 130 valence electrons. The highest BCUT2D eigenvalue weighted by molar-refractivity contribution is 5.89. The average Bonchev–Trinajstić information content (AvgIpc) is 3.12. The van der Waals surface area contributed by atoms with E-state index in [0.29, 0.717) is 41.4 Å². The van der Waals surface area contributed by atoms with Gasteiger partial charge >= 0.3 is 0 Å². The smallest absolute Gasteiger partial charge is 0.226 e. The Morgan fingerprint density at radius 3 is 2.88 bits per heavy atom. The van der Waals surface area contributed by atoms with Crippen LogP contribution in [0.15, 0.2) is 23.0 Å². The summed E-state index contributed by atoms with van der Waals surface area (Å²) in [6, 6.07) is 2.26. The van der Waals surface area contributed by atoms with Gasteiger partial charge in [-0.05, 0) is 18.9 Å². The van der Waals surface area contributed by atoms with Crippen molar-refractivity contribution in [2.75, 3.05) is 18.0 Å². The highest BCUT2D eigenvalue weighted by Crippen LogP contribution is 2.31. The summed E-state index contributed by atoms with van der Waals surface area (Å²) in [5, 5.41) is 4.58. The monoisotopic (exact) mass is 345 g/mol. The molecule has 4 rings (SSSR count). The van der Waals surface area contributed by atoms with Crippen molar-refractivity contribution >= 4 is 16.7 Å². The number of benzene rings is 1. The van der Waals surface area contributed by atoms with Crippen molar-refractivity contribution in [3.63, 3.8) is 0 Å². The molecule has 3 aromatic rings. The predicted octanol–water partition coefficient (Wildman–Crippen LogP) is 3.24. The van der Waals surface area contributed by atoms with Crippen molar-refractivity contribution in [2.24, 2.45) is 0 Å². The normalized spacial score (nSPS) is 18.0. The minimum atomic E-state index is -0.910.